The molecule has 1 aromatic heterocycles. The number of nitrogen functional groups attached to an aromatic ring is 1. The fourth-order valence-corrected chi connectivity index (χ4v) is 3.07. The van der Waals surface area contributed by atoms with Crippen molar-refractivity contribution >= 4 is 17.2 Å². The van der Waals surface area contributed by atoms with Gasteiger partial charge in [-0.2, -0.15) is 0 Å². The summed E-state index contributed by atoms with van der Waals surface area (Å²) in [5, 5.41) is 7.53. The molecule has 0 saturated heterocycles. The lowest BCUT2D eigenvalue weighted by molar-refractivity contribution is 0.653. The van der Waals surface area contributed by atoms with Gasteiger partial charge in [-0.25, -0.2) is 14.0 Å². The molecule has 0 bridgehead atoms. The predicted octanol–water partition coefficient (Wildman–Crippen LogP) is 0.824. The zero-order valence-corrected chi connectivity index (χ0v) is 13.3. The Labute approximate surface area is 138 Å². The number of nitrogens with two attached hydrogens (primary N) is 1. The molecule has 0 fully saturated rings. The molecular weight excluding hydrogens is 304 g/mol. The maximum atomic E-state index is 12.9. The SMILES string of the molecule is CNC1=NC2CC=CC=C2n2c1nn(Cc1ccccc1N)c2=O. The molecule has 24 heavy (non-hydrogen) atoms. The van der Waals surface area contributed by atoms with Crippen molar-refractivity contribution in [3.05, 3.63) is 64.4 Å². The average Bonchev–Trinajstić information content (AvgIpc) is 2.93. The molecule has 1 atom stereocenters. The van der Waals surface area contributed by atoms with E-state index in [-0.39, 0.29) is 11.7 Å². The quantitative estimate of drug-likeness (QED) is 0.801. The Hall–Kier alpha value is -3.09. The van der Waals surface area contributed by atoms with E-state index in [0.717, 1.165) is 17.7 Å². The maximum Gasteiger partial charge on any atom is 0.351 e. The molecule has 0 amide bonds. The molecule has 122 valence electrons. The molecule has 2 aliphatic rings. The number of amidine groups is 1. The molecule has 7 nitrogen and oxygen atoms in total. The average molecular weight is 322 g/mol. The van der Waals surface area contributed by atoms with Crippen LogP contribution in [0.3, 0.4) is 0 Å². The van der Waals surface area contributed by atoms with Gasteiger partial charge in [0, 0.05) is 12.7 Å². The Balaban J connectivity index is 1.84. The highest BCUT2D eigenvalue weighted by Crippen LogP contribution is 2.25. The van der Waals surface area contributed by atoms with Crippen LogP contribution in [0.5, 0.6) is 0 Å². The summed E-state index contributed by atoms with van der Waals surface area (Å²) < 4.78 is 3.08. The zero-order valence-electron chi connectivity index (χ0n) is 13.3. The van der Waals surface area contributed by atoms with Gasteiger partial charge in [-0.05, 0) is 24.1 Å². The van der Waals surface area contributed by atoms with Crippen molar-refractivity contribution in [1.29, 1.82) is 0 Å². The summed E-state index contributed by atoms with van der Waals surface area (Å²) in [6.07, 6.45) is 6.71. The highest BCUT2D eigenvalue weighted by Gasteiger charge is 2.30. The summed E-state index contributed by atoms with van der Waals surface area (Å²) in [6, 6.07) is 7.44. The number of aromatic nitrogens is 3. The number of hydrogen-bond donors (Lipinski definition) is 2. The number of aliphatic imine (C=N–C) groups is 1. The molecule has 7 heteroatoms. The Morgan fingerprint density at radius 2 is 2.21 bits per heavy atom. The van der Waals surface area contributed by atoms with Crippen molar-refractivity contribution in [2.45, 2.75) is 19.0 Å². The molecule has 0 saturated carbocycles. The van der Waals surface area contributed by atoms with Gasteiger partial charge in [0.05, 0.1) is 18.3 Å². The minimum Gasteiger partial charge on any atom is -0.398 e. The van der Waals surface area contributed by atoms with E-state index in [2.05, 4.69) is 21.5 Å². The van der Waals surface area contributed by atoms with Crippen LogP contribution in [0.15, 0.2) is 52.3 Å². The molecule has 0 spiro atoms. The number of allylic oxidation sites excluding steroid dienone is 2. The first kappa shape index (κ1) is 14.5. The predicted molar refractivity (Wildman–Crippen MR) is 93.9 cm³/mol. The molecular formula is C17H18N6O. The Morgan fingerprint density at radius 3 is 3.00 bits per heavy atom. The number of para-hydroxylation sites is 1. The lowest BCUT2D eigenvalue weighted by Crippen LogP contribution is -2.36. The number of fused-ring (bicyclic) bond motifs is 3. The van der Waals surface area contributed by atoms with E-state index in [4.69, 9.17) is 5.73 Å². The van der Waals surface area contributed by atoms with Crippen LogP contribution in [0.4, 0.5) is 5.69 Å². The second-order valence-corrected chi connectivity index (χ2v) is 5.80. The number of benzene rings is 1. The van der Waals surface area contributed by atoms with Crippen LogP contribution in [0.1, 0.15) is 17.8 Å². The Morgan fingerprint density at radius 1 is 1.38 bits per heavy atom. The van der Waals surface area contributed by atoms with Crippen molar-refractivity contribution in [3.63, 3.8) is 0 Å². The monoisotopic (exact) mass is 322 g/mol. The van der Waals surface area contributed by atoms with Crippen molar-refractivity contribution in [2.75, 3.05) is 12.8 Å². The largest absolute Gasteiger partial charge is 0.398 e. The van der Waals surface area contributed by atoms with Gasteiger partial charge in [-0.3, -0.25) is 4.99 Å². The van der Waals surface area contributed by atoms with Crippen molar-refractivity contribution in [1.82, 2.24) is 19.7 Å². The molecule has 3 N–H and O–H groups in total. The molecule has 0 radical (unpaired) electrons. The second-order valence-electron chi connectivity index (χ2n) is 5.80. The van der Waals surface area contributed by atoms with E-state index in [1.54, 1.807) is 11.6 Å². The highest BCUT2D eigenvalue weighted by atomic mass is 16.2. The van der Waals surface area contributed by atoms with Gasteiger partial charge >= 0.3 is 5.69 Å². The third kappa shape index (κ3) is 2.17. The fourth-order valence-electron chi connectivity index (χ4n) is 3.07. The van der Waals surface area contributed by atoms with E-state index >= 15 is 0 Å². The molecule has 2 heterocycles. The van der Waals surface area contributed by atoms with Crippen molar-refractivity contribution < 1.29 is 0 Å². The first-order chi connectivity index (χ1) is 11.7. The normalized spacial score (nSPS) is 18.5. The standard InChI is InChI=1S/C17H18N6O/c1-19-15-16-21-22(10-11-6-2-3-7-12(11)18)17(24)23(16)14-9-5-4-8-13(14)20-15/h2-7,9,13H,8,10,18H2,1H3,(H,19,20). The van der Waals surface area contributed by atoms with Crippen LogP contribution < -0.4 is 16.7 Å². The summed E-state index contributed by atoms with van der Waals surface area (Å²) >= 11 is 0. The minimum atomic E-state index is -0.178. The minimum absolute atomic E-state index is 0.0536. The molecule has 1 aromatic carbocycles. The number of rotatable bonds is 2. The molecule has 4 rings (SSSR count). The summed E-state index contributed by atoms with van der Waals surface area (Å²) in [5.74, 6) is 1.17. The highest BCUT2D eigenvalue weighted by molar-refractivity contribution is 5.98. The van der Waals surface area contributed by atoms with Gasteiger partial charge in [-0.1, -0.05) is 30.4 Å². The lowest BCUT2D eigenvalue weighted by atomic mass is 10.0. The maximum absolute atomic E-state index is 12.9. The summed E-state index contributed by atoms with van der Waals surface area (Å²) in [5.41, 5.74) is 8.20. The number of anilines is 1. The van der Waals surface area contributed by atoms with E-state index in [1.165, 1.54) is 4.68 Å². The number of nitrogens with zero attached hydrogens (tertiary/aromatic N) is 4. The van der Waals surface area contributed by atoms with Crippen molar-refractivity contribution in [3.8, 4) is 0 Å². The molecule has 1 unspecified atom stereocenters. The third-order valence-electron chi connectivity index (χ3n) is 4.31. The van der Waals surface area contributed by atoms with Crippen molar-refractivity contribution in [2.24, 2.45) is 4.99 Å². The van der Waals surface area contributed by atoms with Gasteiger partial charge in [0.2, 0.25) is 5.82 Å². The van der Waals surface area contributed by atoms with E-state index in [9.17, 15) is 4.79 Å². The summed E-state index contributed by atoms with van der Waals surface area (Å²) in [7, 11) is 1.79. The fraction of sp³-hybridized carbons (Fsp3) is 0.235. The summed E-state index contributed by atoms with van der Waals surface area (Å²) in [6.45, 7) is 0.330. The van der Waals surface area contributed by atoms with Gasteiger partial charge in [0.15, 0.2) is 5.84 Å². The van der Waals surface area contributed by atoms with Crippen LogP contribution in [0.2, 0.25) is 0 Å². The smallest absolute Gasteiger partial charge is 0.351 e. The number of nitrogens with one attached hydrogen (secondary N) is 1. The molecule has 2 aromatic rings. The molecule has 1 aliphatic heterocycles. The third-order valence-corrected chi connectivity index (χ3v) is 4.31. The van der Waals surface area contributed by atoms with Gasteiger partial charge in [-0.15, -0.1) is 5.10 Å². The van der Waals surface area contributed by atoms with Crippen LogP contribution in [-0.4, -0.2) is 33.3 Å². The van der Waals surface area contributed by atoms with Gasteiger partial charge in [0.25, 0.3) is 0 Å². The summed E-state index contributed by atoms with van der Waals surface area (Å²) in [4.78, 5) is 17.6. The van der Waals surface area contributed by atoms with E-state index < -0.39 is 0 Å². The van der Waals surface area contributed by atoms with Crippen LogP contribution in [-0.2, 0) is 6.54 Å². The topological polar surface area (TPSA) is 90.2 Å². The van der Waals surface area contributed by atoms with Gasteiger partial charge in [0.1, 0.15) is 0 Å². The van der Waals surface area contributed by atoms with Crippen LogP contribution in [0, 0.1) is 0 Å². The van der Waals surface area contributed by atoms with Crippen LogP contribution >= 0.6 is 0 Å². The zero-order chi connectivity index (χ0) is 16.7. The second kappa shape index (κ2) is 5.52. The first-order valence-corrected chi connectivity index (χ1v) is 7.85. The molecule has 1 aliphatic carbocycles. The lowest BCUT2D eigenvalue weighted by Gasteiger charge is -2.24. The van der Waals surface area contributed by atoms with Crippen LogP contribution in [0.25, 0.3) is 5.70 Å². The Bertz CT molecular complexity index is 946. The first-order valence-electron chi connectivity index (χ1n) is 7.85. The van der Waals surface area contributed by atoms with Gasteiger partial charge < -0.3 is 11.1 Å². The Kier molecular flexibility index (Phi) is 3.34. The van der Waals surface area contributed by atoms with E-state index in [0.29, 0.717) is 23.9 Å². The van der Waals surface area contributed by atoms with E-state index in [1.807, 2.05) is 36.4 Å². The number of hydrogen-bond acceptors (Lipinski definition) is 5.